The van der Waals surface area contributed by atoms with Crippen LogP contribution in [0.4, 0.5) is 0 Å². The van der Waals surface area contributed by atoms with Gasteiger partial charge in [-0.3, -0.25) is 19.1 Å². The summed E-state index contributed by atoms with van der Waals surface area (Å²) >= 11 is 0. The molecule has 0 saturated heterocycles. The highest BCUT2D eigenvalue weighted by Gasteiger charge is 2.10. The van der Waals surface area contributed by atoms with E-state index in [0.29, 0.717) is 43.8 Å². The fourth-order valence-corrected chi connectivity index (χ4v) is 3.31. The summed E-state index contributed by atoms with van der Waals surface area (Å²) in [5, 5.41) is 8.80. The predicted molar refractivity (Wildman–Crippen MR) is 126 cm³/mol. The number of nitrogens with zero attached hydrogens (tertiary/aromatic N) is 4. The van der Waals surface area contributed by atoms with Gasteiger partial charge >= 0.3 is 11.9 Å². The van der Waals surface area contributed by atoms with Gasteiger partial charge in [-0.05, 0) is 23.5 Å². The van der Waals surface area contributed by atoms with Crippen molar-refractivity contribution in [3.05, 3.63) is 76.0 Å². The lowest BCUT2D eigenvalue weighted by Gasteiger charge is -2.09. The van der Waals surface area contributed by atoms with Gasteiger partial charge in [-0.15, -0.1) is 0 Å². The molecule has 0 aliphatic rings. The molecular formula is C25H30N4O5. The second-order valence-corrected chi connectivity index (χ2v) is 8.46. The van der Waals surface area contributed by atoms with Gasteiger partial charge in [-0.2, -0.15) is 10.2 Å². The summed E-state index contributed by atoms with van der Waals surface area (Å²) < 4.78 is 13.2. The zero-order valence-corrected chi connectivity index (χ0v) is 19.8. The maximum Gasteiger partial charge on any atom is 0.310 e. The van der Waals surface area contributed by atoms with Gasteiger partial charge in [0.1, 0.15) is 11.4 Å². The molecule has 9 nitrogen and oxygen atoms in total. The third kappa shape index (κ3) is 7.40. The largest absolute Gasteiger partial charge is 0.469 e. The molecule has 0 aliphatic carbocycles. The van der Waals surface area contributed by atoms with E-state index in [2.05, 4.69) is 14.9 Å². The van der Waals surface area contributed by atoms with Crippen molar-refractivity contribution in [2.75, 3.05) is 13.7 Å². The van der Waals surface area contributed by atoms with Gasteiger partial charge in [0.25, 0.3) is 0 Å². The second-order valence-electron chi connectivity index (χ2n) is 8.46. The predicted octanol–water partition coefficient (Wildman–Crippen LogP) is 2.71. The smallest absolute Gasteiger partial charge is 0.310 e. The first-order chi connectivity index (χ1) is 16.3. The van der Waals surface area contributed by atoms with E-state index in [1.54, 1.807) is 21.8 Å². The summed E-state index contributed by atoms with van der Waals surface area (Å²) in [6.07, 6.45) is 6.51. The molecule has 0 unspecified atom stereocenters. The summed E-state index contributed by atoms with van der Waals surface area (Å²) in [4.78, 5) is 35.7. The molecule has 2 heterocycles. The van der Waals surface area contributed by atoms with E-state index < -0.39 is 0 Å². The average Bonchev–Trinajstić information content (AvgIpc) is 3.28. The van der Waals surface area contributed by atoms with E-state index in [0.717, 1.165) is 11.1 Å². The molecule has 0 saturated carbocycles. The first-order valence-corrected chi connectivity index (χ1v) is 11.3. The van der Waals surface area contributed by atoms with Crippen LogP contribution >= 0.6 is 0 Å². The fraction of sp³-hybridized carbons (Fsp3) is 0.400. The lowest BCUT2D eigenvalue weighted by molar-refractivity contribution is -0.144. The van der Waals surface area contributed by atoms with Crippen LogP contribution < -0.4 is 5.43 Å². The van der Waals surface area contributed by atoms with Crippen LogP contribution in [0.2, 0.25) is 0 Å². The number of hydrogen-bond acceptors (Lipinski definition) is 7. The molecule has 0 spiro atoms. The maximum atomic E-state index is 12.4. The zero-order chi connectivity index (χ0) is 24.5. The molecule has 0 bridgehead atoms. The van der Waals surface area contributed by atoms with Crippen molar-refractivity contribution >= 4 is 11.9 Å². The van der Waals surface area contributed by atoms with Crippen LogP contribution in [0.5, 0.6) is 0 Å². The number of rotatable bonds is 11. The topological polar surface area (TPSA) is 105 Å². The lowest BCUT2D eigenvalue weighted by Crippen LogP contribution is -2.16. The van der Waals surface area contributed by atoms with Crippen molar-refractivity contribution in [3.8, 4) is 5.69 Å². The highest BCUT2D eigenvalue weighted by Crippen LogP contribution is 2.11. The highest BCUT2D eigenvalue weighted by atomic mass is 16.5. The Labute approximate surface area is 198 Å². The monoisotopic (exact) mass is 466 g/mol. The molecule has 3 aromatic rings. The van der Waals surface area contributed by atoms with Crippen molar-refractivity contribution in [3.63, 3.8) is 0 Å². The third-order valence-corrected chi connectivity index (χ3v) is 5.05. The minimum absolute atomic E-state index is 0.163. The molecular weight excluding hydrogens is 436 g/mol. The Kier molecular flexibility index (Phi) is 8.73. The molecule has 34 heavy (non-hydrogen) atoms. The molecule has 9 heteroatoms. The Balaban J connectivity index is 1.67. The van der Waals surface area contributed by atoms with Crippen molar-refractivity contribution < 1.29 is 19.1 Å². The molecule has 3 rings (SSSR count). The molecule has 1 aromatic carbocycles. The van der Waals surface area contributed by atoms with Gasteiger partial charge in [0, 0.05) is 31.6 Å². The van der Waals surface area contributed by atoms with Crippen molar-refractivity contribution in [1.82, 2.24) is 19.6 Å². The number of hydrogen-bond donors (Lipinski definition) is 0. The van der Waals surface area contributed by atoms with Crippen molar-refractivity contribution in [2.45, 2.75) is 46.1 Å². The second kappa shape index (κ2) is 11.9. The SMILES string of the molecule is COC(=O)CCCn1cc(-n2ccc(=O)c(Cc3cccc(CC(=O)OCC(C)C)c3)n2)cn1. The maximum absolute atomic E-state index is 12.4. The molecule has 0 fully saturated rings. The van der Waals surface area contributed by atoms with E-state index in [4.69, 9.17) is 4.74 Å². The van der Waals surface area contributed by atoms with Crippen LogP contribution in [-0.2, 0) is 38.4 Å². The Morgan fingerprint density at radius 1 is 1.12 bits per heavy atom. The van der Waals surface area contributed by atoms with Crippen molar-refractivity contribution in [2.24, 2.45) is 5.92 Å². The van der Waals surface area contributed by atoms with Gasteiger partial charge in [0.2, 0.25) is 5.43 Å². The fourth-order valence-electron chi connectivity index (χ4n) is 3.31. The van der Waals surface area contributed by atoms with Crippen LogP contribution in [0.1, 0.15) is 43.5 Å². The normalized spacial score (nSPS) is 10.9. The van der Waals surface area contributed by atoms with Gasteiger partial charge in [0.05, 0.1) is 32.5 Å². The molecule has 2 aromatic heterocycles. The summed E-state index contributed by atoms with van der Waals surface area (Å²) in [6.45, 7) is 4.94. The van der Waals surface area contributed by atoms with E-state index in [1.807, 2.05) is 44.3 Å². The first-order valence-electron chi connectivity index (χ1n) is 11.3. The van der Waals surface area contributed by atoms with E-state index in [-0.39, 0.29) is 29.7 Å². The van der Waals surface area contributed by atoms with E-state index in [1.165, 1.54) is 13.2 Å². The summed E-state index contributed by atoms with van der Waals surface area (Å²) in [7, 11) is 1.37. The number of carbonyl (C=O) groups excluding carboxylic acids is 2. The first kappa shape index (κ1) is 24.9. The van der Waals surface area contributed by atoms with Crippen LogP contribution in [0, 0.1) is 5.92 Å². The zero-order valence-electron chi connectivity index (χ0n) is 19.8. The van der Waals surface area contributed by atoms with Crippen LogP contribution in [0.25, 0.3) is 5.69 Å². The van der Waals surface area contributed by atoms with E-state index in [9.17, 15) is 14.4 Å². The lowest BCUT2D eigenvalue weighted by atomic mass is 10.0. The Hall–Kier alpha value is -3.75. The number of carbonyl (C=O) groups is 2. The number of methoxy groups -OCH3 is 1. The molecule has 0 amide bonds. The minimum atomic E-state index is -0.269. The molecule has 0 aliphatic heterocycles. The number of aryl methyl sites for hydroxylation is 1. The minimum Gasteiger partial charge on any atom is -0.469 e. The Morgan fingerprint density at radius 2 is 1.91 bits per heavy atom. The summed E-state index contributed by atoms with van der Waals surface area (Å²) in [5.41, 5.74) is 2.65. The molecule has 0 atom stereocenters. The standard InChI is InChI=1S/C25H30N4O5/c1-18(2)17-34-25(32)14-20-7-4-6-19(12-20)13-22-23(30)9-11-29(27-22)21-15-26-28(16-21)10-5-8-24(31)33-3/h4,6-7,9,11-12,15-16,18H,5,8,10,13-14,17H2,1-3H3. The highest BCUT2D eigenvalue weighted by molar-refractivity contribution is 5.72. The number of aromatic nitrogens is 4. The van der Waals surface area contributed by atoms with Crippen LogP contribution in [-0.4, -0.2) is 45.2 Å². The third-order valence-electron chi connectivity index (χ3n) is 5.05. The number of ether oxygens (including phenoxy) is 2. The van der Waals surface area contributed by atoms with Crippen LogP contribution in [0.3, 0.4) is 0 Å². The summed E-state index contributed by atoms with van der Waals surface area (Å²) in [5.74, 6) is -0.237. The van der Waals surface area contributed by atoms with E-state index >= 15 is 0 Å². The van der Waals surface area contributed by atoms with Crippen molar-refractivity contribution in [1.29, 1.82) is 0 Å². The number of benzene rings is 1. The molecule has 0 N–H and O–H groups in total. The molecule has 180 valence electrons. The Bertz CT molecular complexity index is 1180. The van der Waals surface area contributed by atoms with Gasteiger partial charge in [-0.25, -0.2) is 4.68 Å². The molecule has 0 radical (unpaired) electrons. The van der Waals surface area contributed by atoms with Crippen LogP contribution in [0.15, 0.2) is 53.7 Å². The number of esters is 2. The van der Waals surface area contributed by atoms with Gasteiger partial charge < -0.3 is 9.47 Å². The Morgan fingerprint density at radius 3 is 2.68 bits per heavy atom. The quantitative estimate of drug-likeness (QED) is 0.400. The van der Waals surface area contributed by atoms with Gasteiger partial charge in [0.15, 0.2) is 0 Å². The average molecular weight is 467 g/mol. The van der Waals surface area contributed by atoms with Gasteiger partial charge in [-0.1, -0.05) is 38.1 Å². The summed E-state index contributed by atoms with van der Waals surface area (Å²) in [6, 6.07) is 9.00.